The van der Waals surface area contributed by atoms with Gasteiger partial charge in [-0.05, 0) is 6.42 Å². The molecule has 3 N–H and O–H groups in total. The van der Waals surface area contributed by atoms with E-state index in [1.807, 2.05) is 0 Å². The van der Waals surface area contributed by atoms with E-state index < -0.39 is 6.10 Å². The fourth-order valence-corrected chi connectivity index (χ4v) is 0.904. The molecule has 0 aliphatic carbocycles. The zero-order chi connectivity index (χ0) is 7.98. The molecule has 0 aromatic rings. The molecule has 3 heteroatoms. The van der Waals surface area contributed by atoms with Crippen molar-refractivity contribution in [2.75, 3.05) is 13.7 Å². The molecular formula is C7H17NO2. The maximum atomic E-state index is 9.20. The molecule has 0 aromatic carbocycles. The molecule has 0 amide bonds. The van der Waals surface area contributed by atoms with E-state index in [9.17, 15) is 5.11 Å². The standard InChI is InChI=1S/C7H17NO2/c1-3-4-7(10-2)6(9)5-8/h6-7,9H,3-5,8H2,1-2H3. The van der Waals surface area contributed by atoms with E-state index in [0.717, 1.165) is 12.8 Å². The Balaban J connectivity index is 3.56. The van der Waals surface area contributed by atoms with Crippen LogP contribution in [-0.2, 0) is 4.74 Å². The first-order chi connectivity index (χ1) is 4.76. The van der Waals surface area contributed by atoms with Crippen LogP contribution in [0.2, 0.25) is 0 Å². The lowest BCUT2D eigenvalue weighted by molar-refractivity contribution is -0.0116. The minimum absolute atomic E-state index is 0.0880. The predicted molar refractivity (Wildman–Crippen MR) is 40.8 cm³/mol. The average molecular weight is 147 g/mol. The third kappa shape index (κ3) is 3.15. The maximum absolute atomic E-state index is 9.20. The Bertz CT molecular complexity index is 78.0. The molecule has 0 heterocycles. The number of hydrogen-bond acceptors (Lipinski definition) is 3. The predicted octanol–water partition coefficient (Wildman–Crippen LogP) is 0.121. The van der Waals surface area contributed by atoms with Gasteiger partial charge in [0.25, 0.3) is 0 Å². The Kier molecular flexibility index (Phi) is 5.58. The van der Waals surface area contributed by atoms with E-state index in [2.05, 4.69) is 6.92 Å². The van der Waals surface area contributed by atoms with Crippen LogP contribution in [0.3, 0.4) is 0 Å². The maximum Gasteiger partial charge on any atom is 0.0923 e. The third-order valence-corrected chi connectivity index (χ3v) is 1.55. The summed E-state index contributed by atoms with van der Waals surface area (Å²) in [6, 6.07) is 0. The number of aliphatic hydroxyl groups is 1. The van der Waals surface area contributed by atoms with E-state index in [4.69, 9.17) is 10.5 Å². The summed E-state index contributed by atoms with van der Waals surface area (Å²) in [6.45, 7) is 2.33. The first-order valence-corrected chi connectivity index (χ1v) is 3.67. The van der Waals surface area contributed by atoms with Crippen LogP contribution < -0.4 is 5.73 Å². The molecule has 62 valence electrons. The van der Waals surface area contributed by atoms with Gasteiger partial charge in [-0.3, -0.25) is 0 Å². The fraction of sp³-hybridized carbons (Fsp3) is 1.00. The van der Waals surface area contributed by atoms with Gasteiger partial charge in [0.15, 0.2) is 0 Å². The van der Waals surface area contributed by atoms with Crippen molar-refractivity contribution in [3.63, 3.8) is 0 Å². The van der Waals surface area contributed by atoms with E-state index >= 15 is 0 Å². The molecule has 0 aliphatic heterocycles. The van der Waals surface area contributed by atoms with Crippen molar-refractivity contribution in [2.45, 2.75) is 32.0 Å². The van der Waals surface area contributed by atoms with Gasteiger partial charge in [-0.15, -0.1) is 0 Å². The van der Waals surface area contributed by atoms with Gasteiger partial charge in [-0.2, -0.15) is 0 Å². The Labute approximate surface area is 62.2 Å². The van der Waals surface area contributed by atoms with Gasteiger partial charge in [0.1, 0.15) is 0 Å². The summed E-state index contributed by atoms with van der Waals surface area (Å²) in [6.07, 6.45) is 1.28. The number of hydrogen-bond donors (Lipinski definition) is 2. The molecule has 0 fully saturated rings. The van der Waals surface area contributed by atoms with Crippen LogP contribution in [0.15, 0.2) is 0 Å². The van der Waals surface area contributed by atoms with E-state index in [0.29, 0.717) is 0 Å². The second-order valence-corrected chi connectivity index (χ2v) is 2.37. The van der Waals surface area contributed by atoms with Gasteiger partial charge >= 0.3 is 0 Å². The minimum Gasteiger partial charge on any atom is -0.389 e. The fourth-order valence-electron chi connectivity index (χ4n) is 0.904. The van der Waals surface area contributed by atoms with Crippen LogP contribution in [0.25, 0.3) is 0 Å². The van der Waals surface area contributed by atoms with Crippen molar-refractivity contribution in [1.82, 2.24) is 0 Å². The van der Waals surface area contributed by atoms with Gasteiger partial charge in [0.2, 0.25) is 0 Å². The number of aliphatic hydroxyl groups excluding tert-OH is 1. The largest absolute Gasteiger partial charge is 0.389 e. The van der Waals surface area contributed by atoms with Gasteiger partial charge in [0.05, 0.1) is 12.2 Å². The molecule has 2 atom stereocenters. The van der Waals surface area contributed by atoms with Crippen molar-refractivity contribution >= 4 is 0 Å². The summed E-state index contributed by atoms with van der Waals surface area (Å²) in [5, 5.41) is 9.20. The van der Waals surface area contributed by atoms with E-state index in [1.165, 1.54) is 0 Å². The summed E-state index contributed by atoms with van der Waals surface area (Å²) in [7, 11) is 1.60. The Morgan fingerprint density at radius 1 is 1.60 bits per heavy atom. The Hall–Kier alpha value is -0.120. The average Bonchev–Trinajstić information content (AvgIpc) is 1.99. The lowest BCUT2D eigenvalue weighted by atomic mass is 10.1. The van der Waals surface area contributed by atoms with Crippen LogP contribution in [-0.4, -0.2) is 31.0 Å². The Morgan fingerprint density at radius 3 is 2.50 bits per heavy atom. The highest BCUT2D eigenvalue weighted by Gasteiger charge is 2.14. The highest BCUT2D eigenvalue weighted by Crippen LogP contribution is 2.04. The second-order valence-electron chi connectivity index (χ2n) is 2.37. The van der Waals surface area contributed by atoms with Gasteiger partial charge in [-0.1, -0.05) is 13.3 Å². The third-order valence-electron chi connectivity index (χ3n) is 1.55. The lowest BCUT2D eigenvalue weighted by Crippen LogP contribution is -2.34. The highest BCUT2D eigenvalue weighted by molar-refractivity contribution is 4.68. The molecule has 3 nitrogen and oxygen atoms in total. The molecule has 10 heavy (non-hydrogen) atoms. The van der Waals surface area contributed by atoms with Crippen LogP contribution in [0, 0.1) is 0 Å². The molecule has 0 saturated heterocycles. The Morgan fingerprint density at radius 2 is 2.20 bits per heavy atom. The van der Waals surface area contributed by atoms with Gasteiger partial charge in [0, 0.05) is 13.7 Å². The first-order valence-electron chi connectivity index (χ1n) is 3.67. The smallest absolute Gasteiger partial charge is 0.0923 e. The molecule has 2 unspecified atom stereocenters. The zero-order valence-electron chi connectivity index (χ0n) is 6.71. The second kappa shape index (κ2) is 5.65. The van der Waals surface area contributed by atoms with Crippen molar-refractivity contribution in [3.8, 4) is 0 Å². The number of rotatable bonds is 5. The molecule has 0 rings (SSSR count). The van der Waals surface area contributed by atoms with Crippen molar-refractivity contribution in [1.29, 1.82) is 0 Å². The van der Waals surface area contributed by atoms with Crippen molar-refractivity contribution < 1.29 is 9.84 Å². The van der Waals surface area contributed by atoms with Crippen molar-refractivity contribution in [3.05, 3.63) is 0 Å². The topological polar surface area (TPSA) is 55.5 Å². The quantitative estimate of drug-likeness (QED) is 0.580. The zero-order valence-corrected chi connectivity index (χ0v) is 6.71. The molecular weight excluding hydrogens is 130 g/mol. The van der Waals surface area contributed by atoms with Crippen LogP contribution >= 0.6 is 0 Å². The summed E-state index contributed by atoms with van der Waals surface area (Å²) in [4.78, 5) is 0. The van der Waals surface area contributed by atoms with Crippen molar-refractivity contribution in [2.24, 2.45) is 5.73 Å². The number of nitrogens with two attached hydrogens (primary N) is 1. The normalized spacial score (nSPS) is 16.8. The number of ether oxygens (including phenoxy) is 1. The molecule has 0 saturated carbocycles. The minimum atomic E-state index is -0.509. The summed E-state index contributed by atoms with van der Waals surface area (Å²) < 4.78 is 5.01. The number of methoxy groups -OCH3 is 1. The van der Waals surface area contributed by atoms with Gasteiger partial charge < -0.3 is 15.6 Å². The van der Waals surface area contributed by atoms with E-state index in [1.54, 1.807) is 7.11 Å². The molecule has 0 aliphatic rings. The van der Waals surface area contributed by atoms with E-state index in [-0.39, 0.29) is 12.6 Å². The molecule has 0 aromatic heterocycles. The SMILES string of the molecule is CCCC(OC)C(O)CN. The van der Waals surface area contributed by atoms with Crippen LogP contribution in [0.1, 0.15) is 19.8 Å². The summed E-state index contributed by atoms with van der Waals surface area (Å²) in [5.41, 5.74) is 5.25. The molecule has 0 bridgehead atoms. The summed E-state index contributed by atoms with van der Waals surface area (Å²) >= 11 is 0. The first kappa shape index (κ1) is 9.88. The molecule has 0 radical (unpaired) electrons. The van der Waals surface area contributed by atoms with Crippen LogP contribution in [0.5, 0.6) is 0 Å². The molecule has 0 spiro atoms. The monoisotopic (exact) mass is 147 g/mol. The van der Waals surface area contributed by atoms with Gasteiger partial charge in [-0.25, -0.2) is 0 Å². The van der Waals surface area contributed by atoms with Crippen LogP contribution in [0.4, 0.5) is 0 Å². The summed E-state index contributed by atoms with van der Waals surface area (Å²) in [5.74, 6) is 0. The lowest BCUT2D eigenvalue weighted by Gasteiger charge is -2.18. The highest BCUT2D eigenvalue weighted by atomic mass is 16.5.